The molecule has 0 aliphatic carbocycles. The van der Waals surface area contributed by atoms with Crippen LogP contribution in [-0.4, -0.2) is 34.1 Å². The molecule has 0 fully saturated rings. The van der Waals surface area contributed by atoms with Crippen LogP contribution in [0.15, 0.2) is 18.2 Å². The topological polar surface area (TPSA) is 21.1 Å². The molecule has 0 aliphatic rings. The summed E-state index contributed by atoms with van der Waals surface area (Å²) in [5.74, 6) is 1.43. The normalized spacial score (nSPS) is 13.3. The van der Waals surface area contributed by atoms with Gasteiger partial charge in [-0.1, -0.05) is 19.1 Å². The van der Waals surface area contributed by atoms with Crippen molar-refractivity contribution in [2.45, 2.75) is 45.7 Å². The highest BCUT2D eigenvalue weighted by atomic mass is 35.5. The van der Waals surface area contributed by atoms with Crippen molar-refractivity contribution in [1.82, 2.24) is 14.5 Å². The van der Waals surface area contributed by atoms with E-state index >= 15 is 0 Å². The second kappa shape index (κ2) is 6.59. The Bertz CT molecular complexity index is 576. The van der Waals surface area contributed by atoms with Gasteiger partial charge in [-0.15, -0.1) is 11.6 Å². The van der Waals surface area contributed by atoms with Gasteiger partial charge < -0.3 is 9.47 Å². The SMILES string of the molecule is CCC(C)N(C)CCn1c(CCl)nc2c(C)cccc21. The summed E-state index contributed by atoms with van der Waals surface area (Å²) in [5.41, 5.74) is 3.48. The summed E-state index contributed by atoms with van der Waals surface area (Å²) in [4.78, 5) is 7.07. The number of likely N-dealkylation sites (N-methyl/N-ethyl adjacent to an activating group) is 1. The van der Waals surface area contributed by atoms with Gasteiger partial charge in [0.05, 0.1) is 16.9 Å². The number of halogens is 1. The summed E-state index contributed by atoms with van der Waals surface area (Å²) in [5, 5.41) is 0. The maximum atomic E-state index is 6.06. The van der Waals surface area contributed by atoms with Crippen molar-refractivity contribution < 1.29 is 0 Å². The largest absolute Gasteiger partial charge is 0.326 e. The van der Waals surface area contributed by atoms with E-state index in [0.717, 1.165) is 24.4 Å². The van der Waals surface area contributed by atoms with Crippen molar-refractivity contribution in [2.75, 3.05) is 13.6 Å². The van der Waals surface area contributed by atoms with E-state index in [4.69, 9.17) is 11.6 Å². The highest BCUT2D eigenvalue weighted by Gasteiger charge is 2.13. The predicted octanol–water partition coefficient (Wildman–Crippen LogP) is 3.81. The molecule has 0 saturated heterocycles. The Morgan fingerprint density at radius 1 is 1.40 bits per heavy atom. The molecule has 20 heavy (non-hydrogen) atoms. The Morgan fingerprint density at radius 2 is 2.15 bits per heavy atom. The number of aryl methyl sites for hydroxylation is 1. The quantitative estimate of drug-likeness (QED) is 0.755. The van der Waals surface area contributed by atoms with E-state index in [1.807, 2.05) is 0 Å². The first-order valence-electron chi connectivity index (χ1n) is 7.29. The number of rotatable bonds is 6. The van der Waals surface area contributed by atoms with E-state index in [-0.39, 0.29) is 0 Å². The molecular formula is C16H24ClN3. The van der Waals surface area contributed by atoms with Gasteiger partial charge in [0.15, 0.2) is 0 Å². The van der Waals surface area contributed by atoms with Crippen LogP contribution < -0.4 is 0 Å². The minimum atomic E-state index is 0.459. The molecule has 1 aromatic heterocycles. The second-order valence-corrected chi connectivity index (χ2v) is 5.76. The van der Waals surface area contributed by atoms with Crippen LogP contribution in [0.1, 0.15) is 31.7 Å². The van der Waals surface area contributed by atoms with Gasteiger partial charge in [-0.25, -0.2) is 4.98 Å². The zero-order valence-electron chi connectivity index (χ0n) is 12.9. The Balaban J connectivity index is 2.27. The monoisotopic (exact) mass is 293 g/mol. The molecule has 0 saturated carbocycles. The molecule has 2 rings (SSSR count). The van der Waals surface area contributed by atoms with Gasteiger partial charge in [0, 0.05) is 19.1 Å². The van der Waals surface area contributed by atoms with Crippen molar-refractivity contribution in [3.8, 4) is 0 Å². The number of alkyl halides is 1. The molecule has 2 aromatic rings. The Labute approximate surface area is 126 Å². The van der Waals surface area contributed by atoms with Gasteiger partial charge in [0.1, 0.15) is 5.82 Å². The summed E-state index contributed by atoms with van der Waals surface area (Å²) in [6.45, 7) is 8.53. The van der Waals surface area contributed by atoms with Crippen LogP contribution in [0, 0.1) is 6.92 Å². The minimum absolute atomic E-state index is 0.459. The zero-order valence-corrected chi connectivity index (χ0v) is 13.6. The highest BCUT2D eigenvalue weighted by molar-refractivity contribution is 6.16. The summed E-state index contributed by atoms with van der Waals surface area (Å²) >= 11 is 6.06. The van der Waals surface area contributed by atoms with Crippen molar-refractivity contribution in [1.29, 1.82) is 0 Å². The molecule has 0 bridgehead atoms. The van der Waals surface area contributed by atoms with Gasteiger partial charge in [0.25, 0.3) is 0 Å². The van der Waals surface area contributed by atoms with Crippen molar-refractivity contribution >= 4 is 22.6 Å². The fourth-order valence-corrected chi connectivity index (χ4v) is 2.68. The predicted molar refractivity (Wildman–Crippen MR) is 86.4 cm³/mol. The number of hydrogen-bond donors (Lipinski definition) is 0. The van der Waals surface area contributed by atoms with Crippen molar-refractivity contribution in [3.63, 3.8) is 0 Å². The number of aromatic nitrogens is 2. The fraction of sp³-hybridized carbons (Fsp3) is 0.562. The van der Waals surface area contributed by atoms with Crippen LogP contribution >= 0.6 is 11.6 Å². The number of nitrogens with zero attached hydrogens (tertiary/aromatic N) is 3. The molecule has 1 atom stereocenters. The lowest BCUT2D eigenvalue weighted by atomic mass is 10.2. The van der Waals surface area contributed by atoms with Gasteiger partial charge >= 0.3 is 0 Å². The van der Waals surface area contributed by atoms with E-state index in [2.05, 4.69) is 60.5 Å². The first kappa shape index (κ1) is 15.3. The van der Waals surface area contributed by atoms with Gasteiger partial charge in [0.2, 0.25) is 0 Å². The van der Waals surface area contributed by atoms with Crippen LogP contribution in [0.25, 0.3) is 11.0 Å². The summed E-state index contributed by atoms with van der Waals surface area (Å²) in [6.07, 6.45) is 1.17. The fourth-order valence-electron chi connectivity index (χ4n) is 2.48. The Hall–Kier alpha value is -1.06. The lowest BCUT2D eigenvalue weighted by molar-refractivity contribution is 0.243. The number of fused-ring (bicyclic) bond motifs is 1. The molecule has 110 valence electrons. The molecule has 0 spiro atoms. The third-order valence-corrected chi connectivity index (χ3v) is 4.44. The second-order valence-electron chi connectivity index (χ2n) is 5.49. The average Bonchev–Trinajstić information content (AvgIpc) is 2.83. The maximum Gasteiger partial charge on any atom is 0.124 e. The van der Waals surface area contributed by atoms with Crippen LogP contribution in [0.5, 0.6) is 0 Å². The Morgan fingerprint density at radius 3 is 2.80 bits per heavy atom. The molecule has 1 unspecified atom stereocenters. The van der Waals surface area contributed by atoms with E-state index in [1.165, 1.54) is 17.5 Å². The van der Waals surface area contributed by atoms with E-state index in [0.29, 0.717) is 11.9 Å². The molecule has 0 N–H and O–H groups in total. The van der Waals surface area contributed by atoms with E-state index < -0.39 is 0 Å². The Kier molecular flexibility index (Phi) is 5.06. The maximum absolute atomic E-state index is 6.06. The standard InChI is InChI=1S/C16H24ClN3/c1-5-13(3)19(4)9-10-20-14-8-6-7-12(2)16(14)18-15(20)11-17/h6-8,13H,5,9-11H2,1-4H3. The highest BCUT2D eigenvalue weighted by Crippen LogP contribution is 2.20. The van der Waals surface area contributed by atoms with E-state index in [1.54, 1.807) is 0 Å². The van der Waals surface area contributed by atoms with Crippen molar-refractivity contribution in [3.05, 3.63) is 29.6 Å². The van der Waals surface area contributed by atoms with Gasteiger partial charge in [-0.05, 0) is 38.9 Å². The third kappa shape index (κ3) is 2.99. The third-order valence-electron chi connectivity index (χ3n) is 4.20. The van der Waals surface area contributed by atoms with E-state index in [9.17, 15) is 0 Å². The summed E-state index contributed by atoms with van der Waals surface area (Å²) < 4.78 is 2.26. The lowest BCUT2D eigenvalue weighted by Crippen LogP contribution is -2.31. The molecule has 3 nitrogen and oxygen atoms in total. The molecule has 4 heteroatoms. The molecule has 0 amide bonds. The van der Waals surface area contributed by atoms with Crippen molar-refractivity contribution in [2.24, 2.45) is 0 Å². The first-order valence-corrected chi connectivity index (χ1v) is 7.82. The molecule has 1 aromatic carbocycles. The van der Waals surface area contributed by atoms with Crippen LogP contribution in [0.2, 0.25) is 0 Å². The van der Waals surface area contributed by atoms with Crippen LogP contribution in [-0.2, 0) is 12.4 Å². The summed E-state index contributed by atoms with van der Waals surface area (Å²) in [7, 11) is 2.18. The average molecular weight is 294 g/mol. The number of imidazole rings is 1. The molecular weight excluding hydrogens is 270 g/mol. The number of benzene rings is 1. The smallest absolute Gasteiger partial charge is 0.124 e. The first-order chi connectivity index (χ1) is 9.58. The lowest BCUT2D eigenvalue weighted by Gasteiger charge is -2.24. The molecule has 1 heterocycles. The zero-order chi connectivity index (χ0) is 14.7. The molecule has 0 aliphatic heterocycles. The van der Waals surface area contributed by atoms with Gasteiger partial charge in [-0.2, -0.15) is 0 Å². The van der Waals surface area contributed by atoms with Gasteiger partial charge in [-0.3, -0.25) is 0 Å². The van der Waals surface area contributed by atoms with Crippen LogP contribution in [0.3, 0.4) is 0 Å². The van der Waals surface area contributed by atoms with Crippen LogP contribution in [0.4, 0.5) is 0 Å². The number of hydrogen-bond acceptors (Lipinski definition) is 2. The summed E-state index contributed by atoms with van der Waals surface area (Å²) in [6, 6.07) is 6.93. The minimum Gasteiger partial charge on any atom is -0.326 e. The molecule has 0 radical (unpaired) electrons. The number of para-hydroxylation sites is 1.